The Kier molecular flexibility index (Phi) is 5.80. The van der Waals surface area contributed by atoms with Gasteiger partial charge in [0.1, 0.15) is 5.75 Å². The lowest BCUT2D eigenvalue weighted by atomic mass is 9.85. The van der Waals surface area contributed by atoms with Crippen molar-refractivity contribution in [1.82, 2.24) is 4.90 Å². The Morgan fingerprint density at radius 3 is 2.62 bits per heavy atom. The molecule has 21 heavy (non-hydrogen) atoms. The molecule has 3 nitrogen and oxygen atoms in total. The summed E-state index contributed by atoms with van der Waals surface area (Å²) >= 11 is 0. The first kappa shape index (κ1) is 16.0. The van der Waals surface area contributed by atoms with E-state index in [1.54, 1.807) is 6.92 Å². The number of rotatable bonds is 8. The van der Waals surface area contributed by atoms with Gasteiger partial charge >= 0.3 is 0 Å². The average Bonchev–Trinajstić information content (AvgIpc) is 2.43. The van der Waals surface area contributed by atoms with Gasteiger partial charge in [-0.05, 0) is 57.4 Å². The van der Waals surface area contributed by atoms with E-state index in [1.165, 1.54) is 19.3 Å². The van der Waals surface area contributed by atoms with Crippen LogP contribution in [0.15, 0.2) is 18.2 Å². The molecule has 3 heteroatoms. The highest BCUT2D eigenvalue weighted by Gasteiger charge is 2.21. The van der Waals surface area contributed by atoms with Crippen LogP contribution in [0.3, 0.4) is 0 Å². The molecule has 0 aliphatic heterocycles. The van der Waals surface area contributed by atoms with E-state index in [-0.39, 0.29) is 5.78 Å². The number of Topliss-reactive ketones (excluding diaryl/α,β-unsaturated/α-hetero) is 1. The van der Waals surface area contributed by atoms with Crippen LogP contribution in [-0.4, -0.2) is 30.4 Å². The largest absolute Gasteiger partial charge is 0.494 e. The molecule has 0 radical (unpaired) electrons. The zero-order chi connectivity index (χ0) is 15.2. The highest BCUT2D eigenvalue weighted by atomic mass is 16.5. The van der Waals surface area contributed by atoms with Crippen molar-refractivity contribution in [2.45, 2.75) is 46.6 Å². The minimum Gasteiger partial charge on any atom is -0.494 e. The molecule has 1 fully saturated rings. The number of carbonyl (C=O) groups excluding carboxylic acids is 1. The van der Waals surface area contributed by atoms with Crippen LogP contribution >= 0.6 is 0 Å². The summed E-state index contributed by atoms with van der Waals surface area (Å²) in [5, 5.41) is 0. The molecule has 1 aromatic carbocycles. The number of nitrogens with zero attached hydrogens (tertiary/aromatic N) is 1. The Morgan fingerprint density at radius 2 is 2.10 bits per heavy atom. The number of ketones is 1. The molecular weight excluding hydrogens is 262 g/mol. The smallest absolute Gasteiger partial charge is 0.159 e. The molecule has 116 valence electrons. The second kappa shape index (κ2) is 7.60. The van der Waals surface area contributed by atoms with Crippen LogP contribution in [-0.2, 0) is 6.54 Å². The SMILES string of the molecule is CCOc1ccc(C(C)=O)cc1CN(CC)CC1CCC1. The predicted molar refractivity (Wildman–Crippen MR) is 85.9 cm³/mol. The lowest BCUT2D eigenvalue weighted by molar-refractivity contribution is 0.101. The number of benzene rings is 1. The molecule has 1 aliphatic carbocycles. The van der Waals surface area contributed by atoms with Crippen molar-refractivity contribution < 1.29 is 9.53 Å². The van der Waals surface area contributed by atoms with Crippen LogP contribution in [0.5, 0.6) is 5.75 Å². The van der Waals surface area contributed by atoms with Gasteiger partial charge in [-0.15, -0.1) is 0 Å². The molecule has 1 aromatic rings. The molecule has 0 spiro atoms. The maximum atomic E-state index is 11.6. The van der Waals surface area contributed by atoms with E-state index >= 15 is 0 Å². The fourth-order valence-corrected chi connectivity index (χ4v) is 2.81. The van der Waals surface area contributed by atoms with Gasteiger partial charge in [0, 0.05) is 24.2 Å². The predicted octanol–water partition coefficient (Wildman–Crippen LogP) is 3.91. The van der Waals surface area contributed by atoms with E-state index in [1.807, 2.05) is 25.1 Å². The summed E-state index contributed by atoms with van der Waals surface area (Å²) in [5.41, 5.74) is 1.90. The van der Waals surface area contributed by atoms with Crippen molar-refractivity contribution in [3.8, 4) is 5.75 Å². The van der Waals surface area contributed by atoms with Gasteiger partial charge in [0.2, 0.25) is 0 Å². The van der Waals surface area contributed by atoms with E-state index in [0.29, 0.717) is 6.61 Å². The molecule has 1 aliphatic rings. The fourth-order valence-electron chi connectivity index (χ4n) is 2.81. The Balaban J connectivity index is 2.13. The van der Waals surface area contributed by atoms with Gasteiger partial charge < -0.3 is 4.74 Å². The molecule has 0 amide bonds. The molecule has 2 rings (SSSR count). The third kappa shape index (κ3) is 4.31. The first-order valence-electron chi connectivity index (χ1n) is 8.13. The number of ether oxygens (including phenoxy) is 1. The van der Waals surface area contributed by atoms with Gasteiger partial charge in [-0.1, -0.05) is 13.3 Å². The van der Waals surface area contributed by atoms with Gasteiger partial charge in [0.05, 0.1) is 6.61 Å². The quantitative estimate of drug-likeness (QED) is 0.680. The molecule has 0 N–H and O–H groups in total. The number of carbonyl (C=O) groups is 1. The summed E-state index contributed by atoms with van der Waals surface area (Å²) in [5.74, 6) is 1.88. The van der Waals surface area contributed by atoms with Gasteiger partial charge in [-0.25, -0.2) is 0 Å². The van der Waals surface area contributed by atoms with Gasteiger partial charge in [0.15, 0.2) is 5.78 Å². The minimum absolute atomic E-state index is 0.112. The molecule has 0 heterocycles. The summed E-state index contributed by atoms with van der Waals surface area (Å²) in [6.07, 6.45) is 4.11. The molecule has 0 saturated heterocycles. The van der Waals surface area contributed by atoms with Crippen LogP contribution in [0.1, 0.15) is 56.0 Å². The molecule has 0 atom stereocenters. The highest BCUT2D eigenvalue weighted by molar-refractivity contribution is 5.94. The van der Waals surface area contributed by atoms with Crippen molar-refractivity contribution in [3.63, 3.8) is 0 Å². The zero-order valence-corrected chi connectivity index (χ0v) is 13.5. The first-order valence-corrected chi connectivity index (χ1v) is 8.13. The van der Waals surface area contributed by atoms with E-state index in [9.17, 15) is 4.79 Å². The van der Waals surface area contributed by atoms with Gasteiger partial charge in [-0.3, -0.25) is 9.69 Å². The van der Waals surface area contributed by atoms with Crippen molar-refractivity contribution in [2.24, 2.45) is 5.92 Å². The van der Waals surface area contributed by atoms with Crippen LogP contribution in [0.25, 0.3) is 0 Å². The molecular formula is C18H27NO2. The van der Waals surface area contributed by atoms with E-state index in [0.717, 1.165) is 42.4 Å². The van der Waals surface area contributed by atoms with Crippen LogP contribution in [0.2, 0.25) is 0 Å². The fraction of sp³-hybridized carbons (Fsp3) is 0.611. The third-order valence-corrected chi connectivity index (χ3v) is 4.35. The summed E-state index contributed by atoms with van der Waals surface area (Å²) in [7, 11) is 0. The van der Waals surface area contributed by atoms with E-state index < -0.39 is 0 Å². The maximum Gasteiger partial charge on any atom is 0.159 e. The van der Waals surface area contributed by atoms with Crippen molar-refractivity contribution in [2.75, 3.05) is 19.7 Å². The summed E-state index contributed by atoms with van der Waals surface area (Å²) in [4.78, 5) is 14.1. The Bertz CT molecular complexity index is 480. The normalized spacial score (nSPS) is 15.0. The first-order chi connectivity index (χ1) is 10.1. The van der Waals surface area contributed by atoms with Crippen molar-refractivity contribution in [1.29, 1.82) is 0 Å². The lowest BCUT2D eigenvalue weighted by Gasteiger charge is -2.32. The Hall–Kier alpha value is -1.35. The van der Waals surface area contributed by atoms with Gasteiger partial charge in [0.25, 0.3) is 0 Å². The monoisotopic (exact) mass is 289 g/mol. The van der Waals surface area contributed by atoms with Crippen LogP contribution < -0.4 is 4.74 Å². The second-order valence-corrected chi connectivity index (χ2v) is 5.94. The summed E-state index contributed by atoms with van der Waals surface area (Å²) in [6.45, 7) is 9.53. The van der Waals surface area contributed by atoms with Crippen LogP contribution in [0.4, 0.5) is 0 Å². The summed E-state index contributed by atoms with van der Waals surface area (Å²) < 4.78 is 5.72. The minimum atomic E-state index is 0.112. The molecule has 0 aromatic heterocycles. The average molecular weight is 289 g/mol. The van der Waals surface area contributed by atoms with E-state index in [2.05, 4.69) is 11.8 Å². The lowest BCUT2D eigenvalue weighted by Crippen LogP contribution is -2.32. The Labute approximate surface area is 128 Å². The molecule has 0 unspecified atom stereocenters. The maximum absolute atomic E-state index is 11.6. The second-order valence-electron chi connectivity index (χ2n) is 5.94. The molecule has 0 bridgehead atoms. The van der Waals surface area contributed by atoms with Crippen molar-refractivity contribution in [3.05, 3.63) is 29.3 Å². The number of hydrogen-bond donors (Lipinski definition) is 0. The van der Waals surface area contributed by atoms with E-state index in [4.69, 9.17) is 4.74 Å². The topological polar surface area (TPSA) is 29.5 Å². The third-order valence-electron chi connectivity index (χ3n) is 4.35. The number of hydrogen-bond acceptors (Lipinski definition) is 3. The highest BCUT2D eigenvalue weighted by Crippen LogP contribution is 2.29. The van der Waals surface area contributed by atoms with Crippen molar-refractivity contribution >= 4 is 5.78 Å². The van der Waals surface area contributed by atoms with Gasteiger partial charge in [-0.2, -0.15) is 0 Å². The standard InChI is InChI=1S/C18H27NO2/c1-4-19(12-15-7-6-8-15)13-17-11-16(14(3)20)9-10-18(17)21-5-2/h9-11,15H,4-8,12-13H2,1-3H3. The molecule has 1 saturated carbocycles. The Morgan fingerprint density at radius 1 is 1.33 bits per heavy atom. The zero-order valence-electron chi connectivity index (χ0n) is 13.5. The van der Waals surface area contributed by atoms with Crippen LogP contribution in [0, 0.1) is 5.92 Å². The summed E-state index contributed by atoms with van der Waals surface area (Å²) in [6, 6.07) is 5.79.